The highest BCUT2D eigenvalue weighted by molar-refractivity contribution is 8.06. The van der Waals surface area contributed by atoms with Crippen LogP contribution in [0.25, 0.3) is 0 Å². The van der Waals surface area contributed by atoms with E-state index in [0.717, 1.165) is 18.7 Å². The van der Waals surface area contributed by atoms with Gasteiger partial charge in [0.2, 0.25) is 0 Å². The number of carbonyl (C=O) groups is 1. The third-order valence-electron chi connectivity index (χ3n) is 2.82. The highest BCUT2D eigenvalue weighted by Crippen LogP contribution is 2.23. The largest absolute Gasteiger partial charge is 0.369 e. The Morgan fingerprint density at radius 3 is 2.95 bits per heavy atom. The number of anilines is 1. The second-order valence-electron chi connectivity index (χ2n) is 4.49. The van der Waals surface area contributed by atoms with Crippen LogP contribution in [-0.2, 0) is 0 Å². The maximum Gasteiger partial charge on any atom is 0.271 e. The zero-order valence-corrected chi connectivity index (χ0v) is 13.2. The Morgan fingerprint density at radius 1 is 1.40 bits per heavy atom. The predicted molar refractivity (Wildman–Crippen MR) is 86.7 cm³/mol. The molecule has 1 saturated heterocycles. The molecule has 1 fully saturated rings. The first-order chi connectivity index (χ1) is 9.79. The van der Waals surface area contributed by atoms with Crippen molar-refractivity contribution in [2.75, 3.05) is 35.7 Å². The first-order valence-electron chi connectivity index (χ1n) is 6.83. The van der Waals surface area contributed by atoms with Gasteiger partial charge >= 0.3 is 0 Å². The van der Waals surface area contributed by atoms with E-state index in [2.05, 4.69) is 27.5 Å². The summed E-state index contributed by atoms with van der Waals surface area (Å²) in [6.45, 7) is 3.65. The Hall–Kier alpha value is -0.950. The molecule has 2 N–H and O–H groups in total. The fourth-order valence-corrected chi connectivity index (χ4v) is 4.35. The summed E-state index contributed by atoms with van der Waals surface area (Å²) in [5.41, 5.74) is 0.375. The van der Waals surface area contributed by atoms with Crippen LogP contribution in [-0.4, -0.2) is 51.5 Å². The van der Waals surface area contributed by atoms with Crippen molar-refractivity contribution in [3.05, 3.63) is 18.1 Å². The van der Waals surface area contributed by atoms with Crippen LogP contribution in [0.3, 0.4) is 0 Å². The van der Waals surface area contributed by atoms with E-state index in [1.807, 2.05) is 23.5 Å². The van der Waals surface area contributed by atoms with Gasteiger partial charge in [-0.3, -0.25) is 4.79 Å². The van der Waals surface area contributed by atoms with Crippen molar-refractivity contribution in [2.24, 2.45) is 0 Å². The van der Waals surface area contributed by atoms with Crippen molar-refractivity contribution in [1.82, 2.24) is 15.3 Å². The van der Waals surface area contributed by atoms with Gasteiger partial charge in [-0.05, 0) is 6.42 Å². The van der Waals surface area contributed by atoms with Crippen LogP contribution in [0, 0.1) is 0 Å². The molecule has 0 spiro atoms. The van der Waals surface area contributed by atoms with Crippen LogP contribution >= 0.6 is 23.5 Å². The number of hydrogen-bond donors (Lipinski definition) is 2. The van der Waals surface area contributed by atoms with Gasteiger partial charge in [0.1, 0.15) is 11.5 Å². The maximum absolute atomic E-state index is 12.0. The molecule has 2 heterocycles. The molecule has 1 aliphatic rings. The van der Waals surface area contributed by atoms with E-state index < -0.39 is 0 Å². The van der Waals surface area contributed by atoms with Crippen molar-refractivity contribution < 1.29 is 4.79 Å². The molecule has 0 bridgehead atoms. The Labute approximate surface area is 128 Å². The molecule has 1 amide bonds. The van der Waals surface area contributed by atoms with Crippen LogP contribution in [0.15, 0.2) is 12.4 Å². The predicted octanol–water partition coefficient (Wildman–Crippen LogP) is 1.88. The summed E-state index contributed by atoms with van der Waals surface area (Å²) in [4.78, 5) is 20.3. The number of carbonyl (C=O) groups excluding carboxylic acids is 1. The van der Waals surface area contributed by atoms with E-state index in [4.69, 9.17) is 0 Å². The summed E-state index contributed by atoms with van der Waals surface area (Å²) in [5, 5.41) is 6.58. The first-order valence-corrected chi connectivity index (χ1v) is 9.03. The van der Waals surface area contributed by atoms with Gasteiger partial charge in [-0.1, -0.05) is 6.92 Å². The molecule has 1 atom stereocenters. The topological polar surface area (TPSA) is 66.9 Å². The number of nitrogens with zero attached hydrogens (tertiary/aromatic N) is 2. The highest BCUT2D eigenvalue weighted by Gasteiger charge is 2.16. The molecule has 0 radical (unpaired) electrons. The molecular weight excluding hydrogens is 292 g/mol. The number of rotatable bonds is 6. The lowest BCUT2D eigenvalue weighted by Crippen LogP contribution is -2.33. The van der Waals surface area contributed by atoms with Gasteiger partial charge in [0, 0.05) is 35.6 Å². The lowest BCUT2D eigenvalue weighted by molar-refractivity contribution is 0.0949. The van der Waals surface area contributed by atoms with Gasteiger partial charge < -0.3 is 10.6 Å². The number of nitrogens with one attached hydrogen (secondary N) is 2. The number of thioether (sulfide) groups is 2. The average Bonchev–Trinajstić information content (AvgIpc) is 2.52. The SMILES string of the molecule is CCCNc1cnc(C(=O)NCC2CSCCS2)cn1. The molecule has 5 nitrogen and oxygen atoms in total. The van der Waals surface area contributed by atoms with Gasteiger partial charge in [0.25, 0.3) is 5.91 Å². The van der Waals surface area contributed by atoms with Crippen molar-refractivity contribution in [3.63, 3.8) is 0 Å². The van der Waals surface area contributed by atoms with Crippen LogP contribution in [0.1, 0.15) is 23.8 Å². The minimum atomic E-state index is -0.143. The summed E-state index contributed by atoms with van der Waals surface area (Å²) < 4.78 is 0. The second kappa shape index (κ2) is 8.36. The third kappa shape index (κ3) is 4.86. The number of aromatic nitrogens is 2. The molecule has 0 aliphatic carbocycles. The molecule has 1 aliphatic heterocycles. The minimum Gasteiger partial charge on any atom is -0.369 e. The van der Waals surface area contributed by atoms with E-state index in [1.165, 1.54) is 17.7 Å². The Kier molecular flexibility index (Phi) is 6.46. The standard InChI is InChI=1S/C13H20N4OS2/c1-2-3-14-12-8-15-11(7-16-12)13(18)17-6-10-9-19-4-5-20-10/h7-8,10H,2-6,9H2,1H3,(H,14,16)(H,17,18). The smallest absolute Gasteiger partial charge is 0.271 e. The van der Waals surface area contributed by atoms with Gasteiger partial charge in [-0.25, -0.2) is 9.97 Å². The van der Waals surface area contributed by atoms with E-state index in [0.29, 0.717) is 23.3 Å². The molecule has 1 aromatic rings. The van der Waals surface area contributed by atoms with Crippen LogP contribution in [0.4, 0.5) is 5.82 Å². The normalized spacial score (nSPS) is 18.6. The lowest BCUT2D eigenvalue weighted by atomic mass is 10.4. The van der Waals surface area contributed by atoms with Gasteiger partial charge in [-0.2, -0.15) is 23.5 Å². The van der Waals surface area contributed by atoms with Crippen molar-refractivity contribution in [3.8, 4) is 0 Å². The number of hydrogen-bond acceptors (Lipinski definition) is 6. The van der Waals surface area contributed by atoms with Gasteiger partial charge in [-0.15, -0.1) is 0 Å². The van der Waals surface area contributed by atoms with Crippen molar-refractivity contribution in [2.45, 2.75) is 18.6 Å². The van der Waals surface area contributed by atoms with E-state index in [9.17, 15) is 4.79 Å². The van der Waals surface area contributed by atoms with Crippen LogP contribution in [0.5, 0.6) is 0 Å². The van der Waals surface area contributed by atoms with Crippen LogP contribution in [0.2, 0.25) is 0 Å². The zero-order valence-electron chi connectivity index (χ0n) is 11.6. The first kappa shape index (κ1) is 15.4. The van der Waals surface area contributed by atoms with Crippen molar-refractivity contribution >= 4 is 35.2 Å². The molecule has 1 unspecified atom stereocenters. The van der Waals surface area contributed by atoms with Gasteiger partial charge in [0.05, 0.1) is 12.4 Å². The molecule has 7 heteroatoms. The van der Waals surface area contributed by atoms with Gasteiger partial charge in [0.15, 0.2) is 0 Å². The number of amides is 1. The summed E-state index contributed by atoms with van der Waals surface area (Å²) in [5.74, 6) is 4.06. The monoisotopic (exact) mass is 312 g/mol. The molecule has 20 heavy (non-hydrogen) atoms. The van der Waals surface area contributed by atoms with Crippen LogP contribution < -0.4 is 10.6 Å². The Bertz CT molecular complexity index is 421. The fourth-order valence-electron chi connectivity index (χ4n) is 1.74. The highest BCUT2D eigenvalue weighted by atomic mass is 32.2. The second-order valence-corrected chi connectivity index (χ2v) is 7.05. The summed E-state index contributed by atoms with van der Waals surface area (Å²) in [7, 11) is 0. The molecule has 0 aromatic carbocycles. The maximum atomic E-state index is 12.0. The minimum absolute atomic E-state index is 0.143. The molecule has 110 valence electrons. The summed E-state index contributed by atoms with van der Waals surface area (Å²) in [6, 6.07) is 0. The quantitative estimate of drug-likeness (QED) is 0.836. The summed E-state index contributed by atoms with van der Waals surface area (Å²) in [6.07, 6.45) is 4.16. The zero-order chi connectivity index (χ0) is 14.2. The average molecular weight is 312 g/mol. The molecule has 0 saturated carbocycles. The summed E-state index contributed by atoms with van der Waals surface area (Å²) >= 11 is 3.88. The van der Waals surface area contributed by atoms with E-state index >= 15 is 0 Å². The van der Waals surface area contributed by atoms with E-state index in [-0.39, 0.29) is 5.91 Å². The van der Waals surface area contributed by atoms with E-state index in [1.54, 1.807) is 6.20 Å². The Morgan fingerprint density at radius 2 is 2.30 bits per heavy atom. The molecule has 1 aromatic heterocycles. The third-order valence-corrected chi connectivity index (χ3v) is 5.66. The molecular formula is C13H20N4OS2. The van der Waals surface area contributed by atoms with Crippen molar-refractivity contribution in [1.29, 1.82) is 0 Å². The molecule has 2 rings (SSSR count). The lowest BCUT2D eigenvalue weighted by Gasteiger charge is -2.20. The Balaban J connectivity index is 1.79. The fraction of sp³-hybridized carbons (Fsp3) is 0.615.